The molecule has 35 heavy (non-hydrogen) atoms. The van der Waals surface area contributed by atoms with Gasteiger partial charge in [-0.25, -0.2) is 9.36 Å². The normalized spacial score (nSPS) is 11.9. The number of hydrogen-bond acceptors (Lipinski definition) is 5. The second-order valence-electron chi connectivity index (χ2n) is 8.08. The van der Waals surface area contributed by atoms with E-state index in [9.17, 15) is 19.1 Å². The molecule has 1 aromatic heterocycles. The van der Waals surface area contributed by atoms with E-state index in [1.807, 2.05) is 18.2 Å². The summed E-state index contributed by atoms with van der Waals surface area (Å²) in [4.78, 5) is 30.0. The van der Waals surface area contributed by atoms with Crippen LogP contribution in [0.5, 0.6) is 17.2 Å². The molecule has 0 radical (unpaired) electrons. The van der Waals surface area contributed by atoms with Gasteiger partial charge >= 0.3 is 13.8 Å². The fourth-order valence-corrected chi connectivity index (χ4v) is 5.26. The van der Waals surface area contributed by atoms with Crippen molar-refractivity contribution in [2.24, 2.45) is 0 Å². The molecule has 0 bridgehead atoms. The summed E-state index contributed by atoms with van der Waals surface area (Å²) in [6.45, 7) is 4.23. The molecule has 1 heterocycles. The first-order valence-corrected chi connectivity index (χ1v) is 13.1. The number of carboxylic acids is 1. The predicted molar refractivity (Wildman–Crippen MR) is 137 cm³/mol. The SMILES string of the molecule is CC(C)c1ccccc1-c1sc2cc(OP(=O)(O)O)ccc2c1Oc1ccc(/C=C/C(=O)O)cc1. The van der Waals surface area contributed by atoms with E-state index >= 15 is 0 Å². The Hall–Kier alpha value is -3.42. The van der Waals surface area contributed by atoms with Gasteiger partial charge in [0.05, 0.1) is 4.88 Å². The quantitative estimate of drug-likeness (QED) is 0.172. The number of hydrogen-bond donors (Lipinski definition) is 3. The molecule has 4 aromatic rings. The highest BCUT2D eigenvalue weighted by atomic mass is 32.1. The molecule has 0 saturated heterocycles. The Morgan fingerprint density at radius 3 is 2.34 bits per heavy atom. The van der Waals surface area contributed by atoms with Gasteiger partial charge < -0.3 is 14.4 Å². The molecule has 0 saturated carbocycles. The standard InChI is InChI=1S/C26H23O7PS/c1-16(2)20-5-3-4-6-21(20)26-25(32-18-10-7-17(8-11-18)9-14-24(27)28)22-13-12-19(15-23(22)35-26)33-34(29,30)31/h3-16H,1-2H3,(H,27,28)(H2,29,30,31)/b14-9+. The maximum Gasteiger partial charge on any atom is 0.524 e. The highest BCUT2D eigenvalue weighted by Gasteiger charge is 2.22. The molecule has 0 aliphatic rings. The molecule has 0 unspecified atom stereocenters. The van der Waals surface area contributed by atoms with Gasteiger partial charge in [0.15, 0.2) is 5.75 Å². The Morgan fingerprint density at radius 1 is 1.00 bits per heavy atom. The summed E-state index contributed by atoms with van der Waals surface area (Å²) in [6, 6.07) is 19.9. The van der Waals surface area contributed by atoms with Crippen molar-refractivity contribution in [1.82, 2.24) is 0 Å². The minimum Gasteiger partial charge on any atom is -0.478 e. The number of aliphatic carboxylic acids is 1. The van der Waals surface area contributed by atoms with Crippen molar-refractivity contribution in [1.29, 1.82) is 0 Å². The number of phosphoric ester groups is 1. The summed E-state index contributed by atoms with van der Waals surface area (Å²) in [7, 11) is -4.69. The van der Waals surface area contributed by atoms with E-state index in [2.05, 4.69) is 19.9 Å². The number of ether oxygens (including phenoxy) is 1. The lowest BCUT2D eigenvalue weighted by Gasteiger charge is -2.14. The third kappa shape index (κ3) is 5.99. The van der Waals surface area contributed by atoms with Crippen molar-refractivity contribution < 1.29 is 33.5 Å². The molecule has 9 heteroatoms. The van der Waals surface area contributed by atoms with E-state index in [1.54, 1.807) is 36.4 Å². The minimum absolute atomic E-state index is 0.0666. The summed E-state index contributed by atoms with van der Waals surface area (Å²) in [5.74, 6) is 0.492. The van der Waals surface area contributed by atoms with Gasteiger partial charge in [-0.3, -0.25) is 9.79 Å². The number of fused-ring (bicyclic) bond motifs is 1. The van der Waals surface area contributed by atoms with Gasteiger partial charge in [-0.2, -0.15) is 0 Å². The van der Waals surface area contributed by atoms with Crippen LogP contribution in [0.4, 0.5) is 0 Å². The third-order valence-corrected chi connectivity index (χ3v) is 6.80. The number of thiophene rings is 1. The van der Waals surface area contributed by atoms with Gasteiger partial charge in [-0.15, -0.1) is 11.3 Å². The molecule has 0 aliphatic carbocycles. The largest absolute Gasteiger partial charge is 0.524 e. The highest BCUT2D eigenvalue weighted by molar-refractivity contribution is 7.46. The lowest BCUT2D eigenvalue weighted by molar-refractivity contribution is -0.131. The lowest BCUT2D eigenvalue weighted by Crippen LogP contribution is -1.92. The van der Waals surface area contributed by atoms with Crippen LogP contribution in [0.1, 0.15) is 30.9 Å². The molecule has 3 aromatic carbocycles. The van der Waals surface area contributed by atoms with Crippen LogP contribution in [-0.4, -0.2) is 20.9 Å². The smallest absolute Gasteiger partial charge is 0.478 e. The maximum absolute atomic E-state index is 11.3. The fourth-order valence-electron chi connectivity index (χ4n) is 3.67. The zero-order chi connectivity index (χ0) is 25.2. The summed E-state index contributed by atoms with van der Waals surface area (Å²) in [6.07, 6.45) is 2.57. The molecule has 0 amide bonds. The van der Waals surface area contributed by atoms with Gasteiger partial charge in [-0.05, 0) is 59.0 Å². The summed E-state index contributed by atoms with van der Waals surface area (Å²) < 4.78 is 23.2. The molecule has 7 nitrogen and oxygen atoms in total. The first-order valence-electron chi connectivity index (χ1n) is 10.7. The van der Waals surface area contributed by atoms with Crippen LogP contribution in [0.2, 0.25) is 0 Å². The lowest BCUT2D eigenvalue weighted by atomic mass is 9.96. The van der Waals surface area contributed by atoms with Crippen LogP contribution in [0.25, 0.3) is 26.6 Å². The monoisotopic (exact) mass is 510 g/mol. The zero-order valence-electron chi connectivity index (χ0n) is 18.9. The van der Waals surface area contributed by atoms with Crippen LogP contribution >= 0.6 is 19.2 Å². The molecule has 0 fully saturated rings. The van der Waals surface area contributed by atoms with Crippen LogP contribution in [0.3, 0.4) is 0 Å². The van der Waals surface area contributed by atoms with Crippen LogP contribution in [-0.2, 0) is 9.36 Å². The third-order valence-electron chi connectivity index (χ3n) is 5.19. The van der Waals surface area contributed by atoms with Gasteiger partial charge in [0.1, 0.15) is 11.5 Å². The van der Waals surface area contributed by atoms with Crippen LogP contribution in [0, 0.1) is 0 Å². The number of rotatable bonds is 8. The second-order valence-corrected chi connectivity index (χ2v) is 10.3. The molecule has 3 N–H and O–H groups in total. The first-order chi connectivity index (χ1) is 16.6. The molecule has 4 rings (SSSR count). The first kappa shape index (κ1) is 24.7. The summed E-state index contributed by atoms with van der Waals surface area (Å²) >= 11 is 1.45. The molecule has 180 valence electrons. The van der Waals surface area contributed by atoms with Gasteiger partial charge in [0, 0.05) is 16.2 Å². The molecule has 0 atom stereocenters. The predicted octanol–water partition coefficient (Wildman–Crippen LogP) is 7.05. The average Bonchev–Trinajstić information content (AvgIpc) is 3.14. The second kappa shape index (κ2) is 10.1. The Morgan fingerprint density at radius 2 is 1.69 bits per heavy atom. The molecule has 0 aliphatic heterocycles. The van der Waals surface area contributed by atoms with E-state index < -0.39 is 13.8 Å². The highest BCUT2D eigenvalue weighted by Crippen LogP contribution is 2.49. The van der Waals surface area contributed by atoms with E-state index in [1.165, 1.54) is 23.5 Å². The number of phosphoric acid groups is 1. The number of carboxylic acid groups (broad SMARTS) is 1. The topological polar surface area (TPSA) is 113 Å². The van der Waals surface area contributed by atoms with Gasteiger partial charge in [0.25, 0.3) is 0 Å². The van der Waals surface area contributed by atoms with Crippen molar-refractivity contribution >= 4 is 41.3 Å². The Balaban J connectivity index is 1.82. The maximum atomic E-state index is 11.3. The summed E-state index contributed by atoms with van der Waals surface area (Å²) in [5, 5.41) is 9.60. The number of carbonyl (C=O) groups is 1. The molecule has 0 spiro atoms. The van der Waals surface area contributed by atoms with E-state index in [-0.39, 0.29) is 11.7 Å². The fraction of sp³-hybridized carbons (Fsp3) is 0.115. The number of benzene rings is 3. The van der Waals surface area contributed by atoms with E-state index in [0.29, 0.717) is 11.5 Å². The zero-order valence-corrected chi connectivity index (χ0v) is 20.6. The molecular weight excluding hydrogens is 487 g/mol. The Bertz CT molecular complexity index is 1450. The average molecular weight is 511 g/mol. The van der Waals surface area contributed by atoms with Crippen LogP contribution < -0.4 is 9.26 Å². The van der Waals surface area contributed by atoms with E-state index in [4.69, 9.17) is 14.4 Å². The van der Waals surface area contributed by atoms with Crippen molar-refractivity contribution in [3.63, 3.8) is 0 Å². The Kier molecular flexibility index (Phi) is 7.10. The van der Waals surface area contributed by atoms with Crippen molar-refractivity contribution in [2.75, 3.05) is 0 Å². The minimum atomic E-state index is -4.69. The van der Waals surface area contributed by atoms with Crippen LogP contribution in [0.15, 0.2) is 72.8 Å². The molecular formula is C26H23O7PS. The van der Waals surface area contributed by atoms with Crippen molar-refractivity contribution in [2.45, 2.75) is 19.8 Å². The van der Waals surface area contributed by atoms with Gasteiger partial charge in [-0.1, -0.05) is 50.2 Å². The van der Waals surface area contributed by atoms with Gasteiger partial charge in [0.2, 0.25) is 0 Å². The van der Waals surface area contributed by atoms with E-state index in [0.717, 1.165) is 37.7 Å². The summed E-state index contributed by atoms with van der Waals surface area (Å²) in [5.41, 5.74) is 2.88. The van der Waals surface area contributed by atoms with Crippen molar-refractivity contribution in [3.8, 4) is 27.7 Å². The van der Waals surface area contributed by atoms with Crippen molar-refractivity contribution in [3.05, 3.63) is 83.9 Å². The Labute approximate surface area is 206 Å².